The molecule has 0 bridgehead atoms. The summed E-state index contributed by atoms with van der Waals surface area (Å²) in [6.07, 6.45) is 3.47. The minimum atomic E-state index is -0.579. The van der Waals surface area contributed by atoms with Crippen LogP contribution in [0.3, 0.4) is 0 Å². The number of nitrogens with one attached hydrogen (secondary N) is 1. The molecular weight excluding hydrogens is 290 g/mol. The molecule has 23 heavy (non-hydrogen) atoms. The van der Waals surface area contributed by atoms with Crippen LogP contribution in [-0.2, 0) is 0 Å². The number of β-amino-alcohol motifs (C(OH)–C–C–N with tert-alkyl or cyclic N) is 1. The Bertz CT molecular complexity index is 706. The highest BCUT2D eigenvalue weighted by Gasteiger charge is 2.29. The lowest BCUT2D eigenvalue weighted by Gasteiger charge is -2.37. The summed E-state index contributed by atoms with van der Waals surface area (Å²) in [6, 6.07) is 8.12. The smallest absolute Gasteiger partial charge is 0.326 e. The Morgan fingerprint density at radius 3 is 2.52 bits per heavy atom. The monoisotopic (exact) mass is 317 g/mol. The standard InChI is InChI=1S/C18H27N3O2/c1-3-18(23,4-2)13-20-11-9-14(10-12-20)21-16-8-6-5-7-15(16)19-17(21)22/h5-8,14,23H,3-4,9-13H2,1-2H3,(H,19,22). The number of piperidine rings is 1. The minimum Gasteiger partial charge on any atom is -0.389 e. The number of imidazole rings is 1. The molecule has 0 aliphatic carbocycles. The first kappa shape index (κ1) is 16.3. The molecule has 0 spiro atoms. The maximum absolute atomic E-state index is 12.3. The topological polar surface area (TPSA) is 61.3 Å². The summed E-state index contributed by atoms with van der Waals surface area (Å²) in [4.78, 5) is 17.6. The van der Waals surface area contributed by atoms with Crippen LogP contribution in [0.2, 0.25) is 0 Å². The number of aromatic nitrogens is 2. The number of benzene rings is 1. The van der Waals surface area contributed by atoms with Gasteiger partial charge in [-0.05, 0) is 37.8 Å². The summed E-state index contributed by atoms with van der Waals surface area (Å²) >= 11 is 0. The number of para-hydroxylation sites is 2. The van der Waals surface area contributed by atoms with Gasteiger partial charge in [0.05, 0.1) is 16.6 Å². The van der Waals surface area contributed by atoms with Crippen LogP contribution < -0.4 is 5.69 Å². The van der Waals surface area contributed by atoms with Gasteiger partial charge in [0.1, 0.15) is 0 Å². The quantitative estimate of drug-likeness (QED) is 0.891. The van der Waals surface area contributed by atoms with Gasteiger partial charge in [0, 0.05) is 25.7 Å². The predicted molar refractivity (Wildman–Crippen MR) is 92.8 cm³/mol. The van der Waals surface area contributed by atoms with Gasteiger partial charge in [0.15, 0.2) is 0 Å². The summed E-state index contributed by atoms with van der Waals surface area (Å²) in [6.45, 7) is 6.68. The van der Waals surface area contributed by atoms with Gasteiger partial charge in [0.25, 0.3) is 0 Å². The molecule has 0 atom stereocenters. The first-order valence-corrected chi connectivity index (χ1v) is 8.70. The molecule has 5 nitrogen and oxygen atoms in total. The molecule has 0 radical (unpaired) electrons. The zero-order valence-corrected chi connectivity index (χ0v) is 14.1. The van der Waals surface area contributed by atoms with E-state index in [9.17, 15) is 9.90 Å². The van der Waals surface area contributed by atoms with Crippen molar-refractivity contribution in [3.05, 3.63) is 34.7 Å². The van der Waals surface area contributed by atoms with Crippen molar-refractivity contribution in [2.45, 2.75) is 51.2 Å². The molecule has 0 unspecified atom stereocenters. The Hall–Kier alpha value is -1.59. The van der Waals surface area contributed by atoms with E-state index in [-0.39, 0.29) is 11.7 Å². The molecule has 2 N–H and O–H groups in total. The molecule has 2 aromatic rings. The molecule has 0 saturated carbocycles. The molecular formula is C18H27N3O2. The average Bonchev–Trinajstić information content (AvgIpc) is 2.91. The fourth-order valence-electron chi connectivity index (χ4n) is 3.66. The fourth-order valence-corrected chi connectivity index (χ4v) is 3.66. The van der Waals surface area contributed by atoms with Crippen LogP contribution in [0.15, 0.2) is 29.1 Å². The molecule has 1 aromatic heterocycles. The van der Waals surface area contributed by atoms with E-state index in [0.717, 1.165) is 56.4 Å². The van der Waals surface area contributed by atoms with Gasteiger partial charge in [-0.3, -0.25) is 4.57 Å². The SMILES string of the molecule is CCC(O)(CC)CN1CCC(n2c(=O)[nH]c3ccccc32)CC1. The van der Waals surface area contributed by atoms with Crippen molar-refractivity contribution in [3.63, 3.8) is 0 Å². The Morgan fingerprint density at radius 1 is 1.22 bits per heavy atom. The lowest BCUT2D eigenvalue weighted by atomic mass is 9.95. The number of rotatable bonds is 5. The predicted octanol–water partition coefficient (Wildman–Crippen LogP) is 2.52. The highest BCUT2D eigenvalue weighted by atomic mass is 16.3. The Morgan fingerprint density at radius 2 is 1.87 bits per heavy atom. The molecule has 1 saturated heterocycles. The van der Waals surface area contributed by atoms with E-state index in [1.165, 1.54) is 0 Å². The summed E-state index contributed by atoms with van der Waals surface area (Å²) < 4.78 is 1.92. The van der Waals surface area contributed by atoms with Crippen LogP contribution >= 0.6 is 0 Å². The molecule has 0 amide bonds. The average molecular weight is 317 g/mol. The van der Waals surface area contributed by atoms with E-state index in [1.807, 2.05) is 42.7 Å². The van der Waals surface area contributed by atoms with Gasteiger partial charge in [-0.15, -0.1) is 0 Å². The summed E-state index contributed by atoms with van der Waals surface area (Å²) in [7, 11) is 0. The number of nitrogens with zero attached hydrogens (tertiary/aromatic N) is 2. The van der Waals surface area contributed by atoms with Crippen molar-refractivity contribution in [3.8, 4) is 0 Å². The van der Waals surface area contributed by atoms with E-state index < -0.39 is 5.60 Å². The molecule has 1 fully saturated rings. The van der Waals surface area contributed by atoms with Crippen molar-refractivity contribution >= 4 is 11.0 Å². The van der Waals surface area contributed by atoms with Crippen LogP contribution in [0.25, 0.3) is 11.0 Å². The molecule has 1 aromatic carbocycles. The fraction of sp³-hybridized carbons (Fsp3) is 0.611. The molecule has 2 heterocycles. The van der Waals surface area contributed by atoms with Crippen molar-refractivity contribution in [2.75, 3.05) is 19.6 Å². The van der Waals surface area contributed by atoms with Gasteiger partial charge < -0.3 is 15.0 Å². The number of fused-ring (bicyclic) bond motifs is 1. The first-order chi connectivity index (χ1) is 11.1. The van der Waals surface area contributed by atoms with Gasteiger partial charge in [-0.1, -0.05) is 26.0 Å². The summed E-state index contributed by atoms with van der Waals surface area (Å²) in [5.74, 6) is 0. The van der Waals surface area contributed by atoms with Gasteiger partial charge in [-0.2, -0.15) is 0 Å². The second-order valence-corrected chi connectivity index (χ2v) is 6.76. The number of aromatic amines is 1. The minimum absolute atomic E-state index is 0.0109. The normalized spacial score (nSPS) is 17.9. The highest BCUT2D eigenvalue weighted by Crippen LogP contribution is 2.26. The second-order valence-electron chi connectivity index (χ2n) is 6.76. The number of H-pyrrole nitrogens is 1. The van der Waals surface area contributed by atoms with Crippen molar-refractivity contribution < 1.29 is 5.11 Å². The molecule has 1 aliphatic rings. The molecule has 5 heteroatoms. The van der Waals surface area contributed by atoms with Crippen LogP contribution in [0.4, 0.5) is 0 Å². The van der Waals surface area contributed by atoms with Gasteiger partial charge in [0.2, 0.25) is 0 Å². The zero-order chi connectivity index (χ0) is 16.4. The highest BCUT2D eigenvalue weighted by molar-refractivity contribution is 5.75. The van der Waals surface area contributed by atoms with E-state index in [0.29, 0.717) is 0 Å². The lowest BCUT2D eigenvalue weighted by molar-refractivity contribution is -0.0109. The zero-order valence-electron chi connectivity index (χ0n) is 14.1. The van der Waals surface area contributed by atoms with Crippen molar-refractivity contribution in [1.82, 2.24) is 14.5 Å². The van der Waals surface area contributed by atoms with Crippen LogP contribution in [0.1, 0.15) is 45.6 Å². The van der Waals surface area contributed by atoms with E-state index in [4.69, 9.17) is 0 Å². The Balaban J connectivity index is 1.71. The van der Waals surface area contributed by atoms with E-state index in [2.05, 4.69) is 9.88 Å². The third-order valence-corrected chi connectivity index (χ3v) is 5.38. The molecule has 3 rings (SSSR count). The molecule has 1 aliphatic heterocycles. The maximum Gasteiger partial charge on any atom is 0.326 e. The van der Waals surface area contributed by atoms with Gasteiger partial charge in [-0.25, -0.2) is 4.79 Å². The second kappa shape index (κ2) is 6.49. The number of likely N-dealkylation sites (tertiary alicyclic amines) is 1. The van der Waals surface area contributed by atoms with Crippen molar-refractivity contribution in [2.24, 2.45) is 0 Å². The molecule has 126 valence electrons. The van der Waals surface area contributed by atoms with Crippen LogP contribution in [0, 0.1) is 0 Å². The third-order valence-electron chi connectivity index (χ3n) is 5.38. The Labute approximate surface area is 136 Å². The first-order valence-electron chi connectivity index (χ1n) is 8.70. The largest absolute Gasteiger partial charge is 0.389 e. The Kier molecular flexibility index (Phi) is 4.60. The van der Waals surface area contributed by atoms with E-state index >= 15 is 0 Å². The van der Waals surface area contributed by atoms with Crippen LogP contribution in [0.5, 0.6) is 0 Å². The maximum atomic E-state index is 12.3. The lowest BCUT2D eigenvalue weighted by Crippen LogP contribution is -2.46. The number of hydrogen-bond acceptors (Lipinski definition) is 3. The number of hydrogen-bond donors (Lipinski definition) is 2. The number of aliphatic hydroxyl groups is 1. The third kappa shape index (κ3) is 3.21. The van der Waals surface area contributed by atoms with Gasteiger partial charge >= 0.3 is 5.69 Å². The van der Waals surface area contributed by atoms with E-state index in [1.54, 1.807) is 0 Å². The van der Waals surface area contributed by atoms with Crippen molar-refractivity contribution in [1.29, 1.82) is 0 Å². The summed E-state index contributed by atoms with van der Waals surface area (Å²) in [5.41, 5.74) is 1.31. The van der Waals surface area contributed by atoms with Crippen LogP contribution in [-0.4, -0.2) is 44.8 Å². The summed E-state index contributed by atoms with van der Waals surface area (Å²) in [5, 5.41) is 10.5.